The maximum Gasteiger partial charge on any atom is 0.110 e. The van der Waals surface area contributed by atoms with Gasteiger partial charge in [0.15, 0.2) is 0 Å². The summed E-state index contributed by atoms with van der Waals surface area (Å²) in [5.41, 5.74) is 0.738. The number of hydrogen-bond donors (Lipinski definition) is 10. The highest BCUT2D eigenvalue weighted by Gasteiger charge is 2.61. The number of unbranched alkanes of at least 4 members (excludes halogenated alkanes) is 3. The number of aliphatic hydroxyl groups is 10. The first-order valence-corrected chi connectivity index (χ1v) is 33.5. The number of aliphatic hydroxyl groups excluding tert-OH is 10. The molecule has 10 aliphatic heterocycles. The smallest absolute Gasteiger partial charge is 0.110 e. The van der Waals surface area contributed by atoms with Crippen LogP contribution in [0.1, 0.15) is 176 Å². The minimum atomic E-state index is -0.226. The van der Waals surface area contributed by atoms with E-state index in [0.717, 1.165) is 115 Å². The molecule has 5 saturated carbocycles. The molecule has 0 aromatic rings. The normalized spacial score (nSPS) is 37.1. The Morgan fingerprint density at radius 1 is 0.506 bits per heavy atom. The van der Waals surface area contributed by atoms with Crippen molar-refractivity contribution in [1.29, 1.82) is 0 Å². The van der Waals surface area contributed by atoms with Gasteiger partial charge in [-0.05, 0) is 114 Å². The fourth-order valence-corrected chi connectivity index (χ4v) is 12.9. The van der Waals surface area contributed by atoms with Crippen molar-refractivity contribution < 1.29 is 98.4 Å². The minimum absolute atomic E-state index is 0.0972. The molecular weight excluding hydrogens is 1100 g/mol. The molecule has 502 valence electrons. The molecule has 0 amide bonds. The topological polar surface area (TPSA) is 314 Å². The van der Waals surface area contributed by atoms with Crippen molar-refractivity contribution in [2.75, 3.05) is 112 Å². The van der Waals surface area contributed by atoms with Crippen molar-refractivity contribution in [3.63, 3.8) is 0 Å². The first-order chi connectivity index (χ1) is 41.1. The lowest BCUT2D eigenvalue weighted by molar-refractivity contribution is -0.138. The van der Waals surface area contributed by atoms with Crippen LogP contribution in [0.3, 0.4) is 0 Å². The fourth-order valence-electron chi connectivity index (χ4n) is 12.9. The fraction of sp³-hybridized carbons (Fsp3) is 1.00. The maximum absolute atomic E-state index is 9.45. The monoisotopic (exact) mass is 1220 g/mol. The Balaban J connectivity index is 0.000000176. The summed E-state index contributed by atoms with van der Waals surface area (Å²) in [5, 5.41) is 86.1. The van der Waals surface area contributed by atoms with Gasteiger partial charge in [0.1, 0.15) is 36.6 Å². The van der Waals surface area contributed by atoms with E-state index in [2.05, 4.69) is 25.5 Å². The summed E-state index contributed by atoms with van der Waals surface area (Å²) in [5.74, 6) is 4.21. The minimum Gasteiger partial charge on any atom is -0.396 e. The zero-order valence-corrected chi connectivity index (χ0v) is 53.3. The lowest BCUT2D eigenvalue weighted by Crippen LogP contribution is -2.49. The molecule has 20 nitrogen and oxygen atoms in total. The molecule has 20 heteroatoms. The predicted octanol–water partition coefficient (Wildman–Crippen LogP) is 5.29. The maximum atomic E-state index is 9.45. The number of epoxide rings is 6. The number of ether oxygens (including phenoxy) is 10. The summed E-state index contributed by atoms with van der Waals surface area (Å²) in [7, 11) is 0. The molecule has 0 aromatic heterocycles. The Kier molecular flexibility index (Phi) is 34.9. The van der Waals surface area contributed by atoms with E-state index in [-0.39, 0.29) is 113 Å². The number of hydrogen-bond acceptors (Lipinski definition) is 20. The van der Waals surface area contributed by atoms with Gasteiger partial charge in [0, 0.05) is 28.8 Å². The lowest BCUT2D eigenvalue weighted by atomic mass is 9.48. The molecule has 10 saturated heterocycles. The summed E-state index contributed by atoms with van der Waals surface area (Å²) in [4.78, 5) is 0. The Bertz CT molecular complexity index is 1610. The average molecular weight is 1220 g/mol. The second kappa shape index (κ2) is 39.6. The van der Waals surface area contributed by atoms with Crippen molar-refractivity contribution in [3.8, 4) is 0 Å². The van der Waals surface area contributed by atoms with Gasteiger partial charge in [0.05, 0.1) is 148 Å². The highest BCUT2D eigenvalue weighted by molar-refractivity contribution is 5.10. The van der Waals surface area contributed by atoms with Crippen molar-refractivity contribution >= 4 is 0 Å². The zero-order valence-electron chi connectivity index (χ0n) is 53.3. The Morgan fingerprint density at radius 2 is 1.09 bits per heavy atom. The van der Waals surface area contributed by atoms with Crippen molar-refractivity contribution in [2.45, 2.75) is 256 Å². The summed E-state index contributed by atoms with van der Waals surface area (Å²) in [6, 6.07) is 0. The highest BCUT2D eigenvalue weighted by Crippen LogP contribution is 2.64. The van der Waals surface area contributed by atoms with Crippen LogP contribution >= 0.6 is 0 Å². The molecule has 85 heavy (non-hydrogen) atoms. The molecule has 0 radical (unpaired) electrons. The van der Waals surface area contributed by atoms with E-state index in [0.29, 0.717) is 48.5 Å². The molecular formula is C65H122O20. The summed E-state index contributed by atoms with van der Waals surface area (Å²) >= 11 is 0. The Morgan fingerprint density at radius 3 is 1.36 bits per heavy atom. The molecule has 15 fully saturated rings. The molecule has 0 spiro atoms. The van der Waals surface area contributed by atoms with Crippen LogP contribution < -0.4 is 0 Å². The third-order valence-corrected chi connectivity index (χ3v) is 19.3. The quantitative estimate of drug-likeness (QED) is 0.0516. The molecule has 0 aromatic carbocycles. The van der Waals surface area contributed by atoms with Gasteiger partial charge >= 0.3 is 0 Å². The molecule has 10 N–H and O–H groups in total. The van der Waals surface area contributed by atoms with Gasteiger partial charge in [0.2, 0.25) is 0 Å². The molecule has 15 aliphatic rings. The highest BCUT2D eigenvalue weighted by atomic mass is 16.6. The van der Waals surface area contributed by atoms with Crippen LogP contribution in [0.4, 0.5) is 0 Å². The average Bonchev–Trinajstić information content (AvgIpc) is 1.98. The molecule has 13 unspecified atom stereocenters. The van der Waals surface area contributed by atoms with Crippen LogP contribution in [0.15, 0.2) is 0 Å². The van der Waals surface area contributed by atoms with Crippen LogP contribution in [0.2, 0.25) is 0 Å². The second-order valence-corrected chi connectivity index (χ2v) is 27.1. The van der Waals surface area contributed by atoms with Gasteiger partial charge < -0.3 is 98.4 Å². The van der Waals surface area contributed by atoms with E-state index in [4.69, 9.17) is 88.6 Å². The van der Waals surface area contributed by atoms with E-state index >= 15 is 0 Å². The van der Waals surface area contributed by atoms with E-state index < -0.39 is 0 Å². The molecule has 15 rings (SSSR count). The van der Waals surface area contributed by atoms with Crippen LogP contribution in [0.5, 0.6) is 0 Å². The Labute approximate surface area is 510 Å². The zero-order chi connectivity index (χ0) is 61.8. The van der Waals surface area contributed by atoms with Crippen molar-refractivity contribution in [2.24, 2.45) is 45.8 Å². The van der Waals surface area contributed by atoms with E-state index in [9.17, 15) is 5.11 Å². The van der Waals surface area contributed by atoms with Crippen LogP contribution in [0, 0.1) is 45.8 Å². The van der Waals surface area contributed by atoms with Crippen molar-refractivity contribution in [3.05, 3.63) is 0 Å². The lowest BCUT2D eigenvalue weighted by Gasteiger charge is -2.56. The molecule has 5 aliphatic carbocycles. The summed E-state index contributed by atoms with van der Waals surface area (Å²) in [6.07, 6.45) is 29.8. The van der Waals surface area contributed by atoms with Gasteiger partial charge in [0.25, 0.3) is 0 Å². The van der Waals surface area contributed by atoms with Crippen molar-refractivity contribution in [1.82, 2.24) is 0 Å². The molecule has 4 bridgehead atoms. The van der Waals surface area contributed by atoms with Crippen LogP contribution in [-0.2, 0) is 47.4 Å². The third-order valence-electron chi connectivity index (χ3n) is 19.3. The van der Waals surface area contributed by atoms with Gasteiger partial charge in [-0.25, -0.2) is 0 Å². The predicted molar refractivity (Wildman–Crippen MR) is 321 cm³/mol. The van der Waals surface area contributed by atoms with Gasteiger partial charge in [-0.1, -0.05) is 86.0 Å². The molecule has 13 atom stereocenters. The number of rotatable bonds is 21. The van der Waals surface area contributed by atoms with Gasteiger partial charge in [-0.15, -0.1) is 0 Å². The van der Waals surface area contributed by atoms with Crippen LogP contribution in [0.25, 0.3) is 0 Å². The molecule has 10 heterocycles. The van der Waals surface area contributed by atoms with Gasteiger partial charge in [-0.3, -0.25) is 0 Å². The van der Waals surface area contributed by atoms with E-state index in [1.807, 2.05) is 20.8 Å². The standard InChI is InChI=1S/C13H20O2.C11H22O2.C9H16O2.2C6H12O2.C5H10O2.3C4H8O2.C3H6O2/c14-7-11-12(15-11)13-4-8-1-9(5-13)3-10(2-8)6-13;1-3-5-6-7-8-10-11(13-10)9(12)4-2;10-6-8-9(11-8)7-4-2-1-3-5-7;1-2-6(3-7)4-8-5-6;1-2-3-5-6(4-7)8-5;1-5(2-6)3-7-4-5;5-1-4-2-6-3-4;1-3-4(2-5)6-3;5-3-4-1-2-6-4;4-1-3-2-5-3/h8-12,14H,1-7H2;9-12H,3-8H2,1-2H3;7-10H,1-6H2;7H,2-5H2,1H3;5-7H,2-4H2,1H3;6H,2-4H2,1H3;4-5H,1-3H2;3-5H,2H2,1H3;4-5H,1-3H2;3-4H,1-2H2. The SMILES string of the molecule is CC1(CO)COC1.CC1OC1CO.CCC1(CO)COC1.CCCC1OC1CO.CCCCCCC1OC1C(O)CC.OCC1CCO1.OCC1CO1.OCC1COC1.OCC1OC1C12CC3CC(CC(C3)C1)C2.OCC1OC1C1CCCCC1. The summed E-state index contributed by atoms with van der Waals surface area (Å²) < 4.78 is 50.4. The van der Waals surface area contributed by atoms with Crippen LogP contribution in [-0.4, -0.2) is 243 Å². The first kappa shape index (κ1) is 74.9. The third kappa shape index (κ3) is 26.8. The van der Waals surface area contributed by atoms with E-state index in [1.54, 1.807) is 0 Å². The largest absolute Gasteiger partial charge is 0.396 e. The second-order valence-electron chi connectivity index (χ2n) is 27.1. The summed E-state index contributed by atoms with van der Waals surface area (Å²) in [6.45, 7) is 20.5. The Hall–Kier alpha value is -0.800. The van der Waals surface area contributed by atoms with E-state index in [1.165, 1.54) is 96.3 Å². The van der Waals surface area contributed by atoms with Gasteiger partial charge in [-0.2, -0.15) is 0 Å². The first-order valence-electron chi connectivity index (χ1n) is 33.5.